The van der Waals surface area contributed by atoms with Gasteiger partial charge in [-0.05, 0) is 24.3 Å². The van der Waals surface area contributed by atoms with Crippen LogP contribution in [0, 0.1) is 0 Å². The minimum absolute atomic E-state index is 0.410. The molecule has 2 aliphatic rings. The molecule has 2 aliphatic heterocycles. The van der Waals surface area contributed by atoms with E-state index in [1.54, 1.807) is 11.3 Å². The maximum absolute atomic E-state index is 5.66. The van der Waals surface area contributed by atoms with Gasteiger partial charge in [-0.3, -0.25) is 4.99 Å². The van der Waals surface area contributed by atoms with E-state index >= 15 is 0 Å². The monoisotopic (exact) mass is 222 g/mol. The second kappa shape index (κ2) is 3.94. The fourth-order valence-electron chi connectivity index (χ4n) is 2.14. The zero-order valence-corrected chi connectivity index (χ0v) is 9.37. The van der Waals surface area contributed by atoms with Crippen LogP contribution in [0.25, 0.3) is 0 Å². The molecule has 4 heteroatoms. The number of thiophene rings is 1. The van der Waals surface area contributed by atoms with Gasteiger partial charge in [0.1, 0.15) is 11.7 Å². The smallest absolute Gasteiger partial charge is 0.111 e. The molecule has 15 heavy (non-hydrogen) atoms. The average Bonchev–Trinajstić information content (AvgIpc) is 2.87. The third-order valence-electron chi connectivity index (χ3n) is 2.89. The second-order valence-corrected chi connectivity index (χ2v) is 4.89. The third-order valence-corrected chi connectivity index (χ3v) is 3.88. The number of nitrogens with zero attached hydrogens (tertiary/aromatic N) is 2. The van der Waals surface area contributed by atoms with Gasteiger partial charge in [0, 0.05) is 24.9 Å². The van der Waals surface area contributed by atoms with Crippen LogP contribution in [-0.4, -0.2) is 32.1 Å². The van der Waals surface area contributed by atoms with E-state index in [4.69, 9.17) is 4.74 Å². The Hall–Kier alpha value is -0.870. The van der Waals surface area contributed by atoms with Crippen molar-refractivity contribution in [1.29, 1.82) is 0 Å². The highest BCUT2D eigenvalue weighted by Crippen LogP contribution is 2.29. The van der Waals surface area contributed by atoms with Crippen molar-refractivity contribution >= 4 is 22.6 Å². The number of aliphatic imine (C=N–C) groups is 1. The van der Waals surface area contributed by atoms with Gasteiger partial charge in [0.25, 0.3) is 0 Å². The molecule has 0 N–H and O–H groups in total. The van der Waals surface area contributed by atoms with Crippen molar-refractivity contribution in [2.75, 3.05) is 24.7 Å². The van der Waals surface area contributed by atoms with Crippen LogP contribution < -0.4 is 4.90 Å². The number of hydrogen-bond donors (Lipinski definition) is 0. The van der Waals surface area contributed by atoms with Gasteiger partial charge in [-0.25, -0.2) is 0 Å². The molecule has 1 unspecified atom stereocenters. The maximum Gasteiger partial charge on any atom is 0.111 e. The first-order chi connectivity index (χ1) is 7.43. The lowest BCUT2D eigenvalue weighted by atomic mass is 10.2. The lowest BCUT2D eigenvalue weighted by molar-refractivity contribution is 0.115. The van der Waals surface area contributed by atoms with Gasteiger partial charge in [-0.15, -0.1) is 11.3 Å². The van der Waals surface area contributed by atoms with Crippen molar-refractivity contribution < 1.29 is 4.74 Å². The fourth-order valence-corrected chi connectivity index (χ4v) is 3.02. The fraction of sp³-hybridized carbons (Fsp3) is 0.545. The Bertz CT molecular complexity index is 368. The first kappa shape index (κ1) is 9.36. The van der Waals surface area contributed by atoms with E-state index in [0.29, 0.717) is 6.10 Å². The molecule has 1 atom stereocenters. The number of hydrogen-bond acceptors (Lipinski definition) is 4. The Morgan fingerprint density at radius 2 is 2.60 bits per heavy atom. The minimum Gasteiger partial charge on any atom is -0.376 e. The summed E-state index contributed by atoms with van der Waals surface area (Å²) in [6, 6.07) is 2.13. The second-order valence-electron chi connectivity index (χ2n) is 3.99. The lowest BCUT2D eigenvalue weighted by Gasteiger charge is -2.27. The summed E-state index contributed by atoms with van der Waals surface area (Å²) in [5, 5.41) is 3.48. The molecule has 1 aromatic heterocycles. The Morgan fingerprint density at radius 1 is 1.60 bits per heavy atom. The van der Waals surface area contributed by atoms with Crippen LogP contribution in [0.3, 0.4) is 0 Å². The molecule has 0 saturated carbocycles. The van der Waals surface area contributed by atoms with Crippen LogP contribution in [0.2, 0.25) is 0 Å². The van der Waals surface area contributed by atoms with Crippen LogP contribution in [0.5, 0.6) is 0 Å². The van der Waals surface area contributed by atoms with Crippen LogP contribution >= 0.6 is 11.3 Å². The molecule has 0 aromatic carbocycles. The lowest BCUT2D eigenvalue weighted by Crippen LogP contribution is -2.33. The van der Waals surface area contributed by atoms with E-state index in [0.717, 1.165) is 19.8 Å². The van der Waals surface area contributed by atoms with Gasteiger partial charge in [-0.2, -0.15) is 0 Å². The summed E-state index contributed by atoms with van der Waals surface area (Å²) < 4.78 is 5.66. The molecular formula is C11H14N2OS. The van der Waals surface area contributed by atoms with E-state index in [2.05, 4.69) is 21.3 Å². The van der Waals surface area contributed by atoms with Crippen molar-refractivity contribution in [3.8, 4) is 0 Å². The minimum atomic E-state index is 0.410. The van der Waals surface area contributed by atoms with Gasteiger partial charge >= 0.3 is 0 Å². The largest absolute Gasteiger partial charge is 0.376 e. The molecule has 1 aromatic rings. The third kappa shape index (κ3) is 1.79. The summed E-state index contributed by atoms with van der Waals surface area (Å²) in [4.78, 5) is 6.70. The highest BCUT2D eigenvalue weighted by molar-refractivity contribution is 7.14. The van der Waals surface area contributed by atoms with Crippen LogP contribution in [0.4, 0.5) is 5.00 Å². The Morgan fingerprint density at radius 3 is 3.47 bits per heavy atom. The predicted octanol–water partition coefficient (Wildman–Crippen LogP) is 2.12. The highest BCUT2D eigenvalue weighted by atomic mass is 32.1. The summed E-state index contributed by atoms with van der Waals surface area (Å²) in [7, 11) is 0. The first-order valence-electron chi connectivity index (χ1n) is 5.37. The van der Waals surface area contributed by atoms with Crippen LogP contribution in [0.1, 0.15) is 18.4 Å². The molecule has 1 fully saturated rings. The van der Waals surface area contributed by atoms with Crippen LogP contribution in [0.15, 0.2) is 16.4 Å². The maximum atomic E-state index is 5.66. The molecule has 0 amide bonds. The van der Waals surface area contributed by atoms with E-state index in [9.17, 15) is 0 Å². The van der Waals surface area contributed by atoms with Crippen molar-refractivity contribution in [3.63, 3.8) is 0 Å². The zero-order valence-electron chi connectivity index (χ0n) is 8.56. The molecule has 3 heterocycles. The summed E-state index contributed by atoms with van der Waals surface area (Å²) in [6.07, 6.45) is 4.78. The van der Waals surface area contributed by atoms with Crippen LogP contribution in [-0.2, 0) is 4.74 Å². The van der Waals surface area contributed by atoms with Gasteiger partial charge in [0.05, 0.1) is 6.10 Å². The average molecular weight is 222 g/mol. The van der Waals surface area contributed by atoms with E-state index in [1.165, 1.54) is 23.4 Å². The molecule has 0 radical (unpaired) electrons. The Labute approximate surface area is 93.4 Å². The topological polar surface area (TPSA) is 24.8 Å². The van der Waals surface area contributed by atoms with Gasteiger partial charge in [0.15, 0.2) is 0 Å². The van der Waals surface area contributed by atoms with Crippen molar-refractivity contribution in [2.24, 2.45) is 4.99 Å². The molecule has 3 nitrogen and oxygen atoms in total. The summed E-state index contributed by atoms with van der Waals surface area (Å²) >= 11 is 1.80. The SMILES string of the molecule is C1=NCN(CC2CCCO2)c2sccc21. The molecule has 0 aliphatic carbocycles. The molecule has 3 rings (SSSR count). The predicted molar refractivity (Wildman–Crippen MR) is 63.1 cm³/mol. The molecule has 80 valence electrons. The van der Waals surface area contributed by atoms with Gasteiger partial charge < -0.3 is 9.64 Å². The molecule has 1 saturated heterocycles. The summed E-state index contributed by atoms with van der Waals surface area (Å²) in [5.74, 6) is 0. The van der Waals surface area contributed by atoms with E-state index in [1.807, 2.05) is 6.21 Å². The Kier molecular flexibility index (Phi) is 2.46. The summed E-state index contributed by atoms with van der Waals surface area (Å²) in [6.45, 7) is 2.71. The zero-order chi connectivity index (χ0) is 10.1. The Balaban J connectivity index is 1.74. The number of anilines is 1. The first-order valence-corrected chi connectivity index (χ1v) is 6.25. The van der Waals surface area contributed by atoms with Crippen molar-refractivity contribution in [2.45, 2.75) is 18.9 Å². The molecule has 0 bridgehead atoms. The van der Waals surface area contributed by atoms with Gasteiger partial charge in [-0.1, -0.05) is 0 Å². The van der Waals surface area contributed by atoms with E-state index < -0.39 is 0 Å². The number of ether oxygens (including phenoxy) is 1. The summed E-state index contributed by atoms with van der Waals surface area (Å²) in [5.41, 5.74) is 1.25. The molecule has 0 spiro atoms. The van der Waals surface area contributed by atoms with Crippen molar-refractivity contribution in [3.05, 3.63) is 17.0 Å². The standard InChI is InChI=1S/C11H14N2OS/c1-2-10(14-4-1)7-13-8-12-6-9-3-5-15-11(9)13/h3,5-6,10H,1-2,4,7-8H2. The quantitative estimate of drug-likeness (QED) is 0.765. The number of rotatable bonds is 2. The highest BCUT2D eigenvalue weighted by Gasteiger charge is 2.22. The molecular weight excluding hydrogens is 208 g/mol. The number of fused-ring (bicyclic) bond motifs is 1. The normalized spacial score (nSPS) is 24.5. The van der Waals surface area contributed by atoms with E-state index in [-0.39, 0.29) is 0 Å². The van der Waals surface area contributed by atoms with Gasteiger partial charge in [0.2, 0.25) is 0 Å². The van der Waals surface area contributed by atoms with Crippen molar-refractivity contribution in [1.82, 2.24) is 0 Å².